The summed E-state index contributed by atoms with van der Waals surface area (Å²) < 4.78 is 39.4. The number of amides is 1. The van der Waals surface area contributed by atoms with Crippen LogP contribution in [-0.4, -0.2) is 19.6 Å². The Labute approximate surface area is 143 Å². The fraction of sp³-hybridized carbons (Fsp3) is 0.267. The number of carbonyl (C=O) groups is 1. The van der Waals surface area contributed by atoms with Crippen LogP contribution in [0, 0.1) is 0 Å². The fourth-order valence-corrected chi connectivity index (χ4v) is 1.92. The first-order valence-electron chi connectivity index (χ1n) is 6.71. The van der Waals surface area contributed by atoms with Crippen LogP contribution in [0.1, 0.15) is 21.7 Å². The number of nitrogens with two attached hydrogens (primary N) is 1. The van der Waals surface area contributed by atoms with Gasteiger partial charge in [0.05, 0.1) is 19.2 Å². The van der Waals surface area contributed by atoms with Gasteiger partial charge in [-0.15, -0.1) is 12.4 Å². The molecule has 1 amide bonds. The minimum absolute atomic E-state index is 0. The molecule has 1 heterocycles. The summed E-state index contributed by atoms with van der Waals surface area (Å²) in [6, 6.07) is 5.87. The predicted octanol–water partition coefficient (Wildman–Crippen LogP) is 2.70. The number of benzene rings is 1. The Morgan fingerprint density at radius 2 is 2.12 bits per heavy atom. The van der Waals surface area contributed by atoms with Crippen LogP contribution in [0.4, 0.5) is 8.78 Å². The Bertz CT molecular complexity index is 679. The minimum Gasteiger partial charge on any atom is -0.497 e. The molecule has 1 aromatic heterocycles. The molecule has 0 saturated carbocycles. The molecule has 0 aliphatic carbocycles. The first-order valence-corrected chi connectivity index (χ1v) is 6.71. The molecule has 0 radical (unpaired) electrons. The molecule has 0 atom stereocenters. The molecule has 24 heavy (non-hydrogen) atoms. The lowest BCUT2D eigenvalue weighted by Gasteiger charge is -2.12. The largest absolute Gasteiger partial charge is 0.497 e. The van der Waals surface area contributed by atoms with E-state index in [1.807, 2.05) is 0 Å². The molecule has 0 aliphatic rings. The molecule has 132 valence electrons. The summed E-state index contributed by atoms with van der Waals surface area (Å²) in [5, 5.41) is 2.60. The third-order valence-corrected chi connectivity index (χ3v) is 3.04. The molecule has 1 aromatic carbocycles. The van der Waals surface area contributed by atoms with Gasteiger partial charge in [-0.2, -0.15) is 8.78 Å². The Kier molecular flexibility index (Phi) is 7.47. The number of furan rings is 1. The van der Waals surface area contributed by atoms with Gasteiger partial charge < -0.3 is 24.9 Å². The SMILES string of the molecule is COc1ccc(OC(F)F)c(CNC(=O)c2coc(CN)c2)c1.Cl. The molecule has 0 unspecified atom stereocenters. The number of alkyl halides is 2. The van der Waals surface area contributed by atoms with Crippen molar-refractivity contribution in [2.24, 2.45) is 5.73 Å². The number of rotatable bonds is 7. The Morgan fingerprint density at radius 3 is 2.71 bits per heavy atom. The number of hydrogen-bond donors (Lipinski definition) is 2. The number of hydrogen-bond acceptors (Lipinski definition) is 5. The van der Waals surface area contributed by atoms with E-state index in [2.05, 4.69) is 10.1 Å². The van der Waals surface area contributed by atoms with Gasteiger partial charge in [0.15, 0.2) is 0 Å². The summed E-state index contributed by atoms with van der Waals surface area (Å²) in [7, 11) is 1.45. The van der Waals surface area contributed by atoms with E-state index in [-0.39, 0.29) is 31.2 Å². The zero-order valence-electron chi connectivity index (χ0n) is 12.8. The highest BCUT2D eigenvalue weighted by atomic mass is 35.5. The van der Waals surface area contributed by atoms with Crippen LogP contribution in [-0.2, 0) is 13.1 Å². The molecule has 9 heteroatoms. The average Bonchev–Trinajstić information content (AvgIpc) is 3.02. The lowest BCUT2D eigenvalue weighted by molar-refractivity contribution is -0.0505. The molecule has 0 saturated heterocycles. The Morgan fingerprint density at radius 1 is 1.38 bits per heavy atom. The maximum absolute atomic E-state index is 12.4. The third-order valence-electron chi connectivity index (χ3n) is 3.04. The van der Waals surface area contributed by atoms with E-state index in [0.717, 1.165) is 0 Å². The summed E-state index contributed by atoms with van der Waals surface area (Å²) in [6.07, 6.45) is 1.28. The van der Waals surface area contributed by atoms with Crippen molar-refractivity contribution in [2.45, 2.75) is 19.7 Å². The lowest BCUT2D eigenvalue weighted by atomic mass is 10.2. The minimum atomic E-state index is -2.96. The van der Waals surface area contributed by atoms with Crippen LogP contribution in [0.15, 0.2) is 34.9 Å². The van der Waals surface area contributed by atoms with E-state index >= 15 is 0 Å². The Balaban J connectivity index is 0.00000288. The molecule has 0 bridgehead atoms. The number of methoxy groups -OCH3 is 1. The zero-order chi connectivity index (χ0) is 16.8. The van der Waals surface area contributed by atoms with Crippen molar-refractivity contribution >= 4 is 18.3 Å². The highest BCUT2D eigenvalue weighted by molar-refractivity contribution is 5.93. The van der Waals surface area contributed by atoms with Crippen molar-refractivity contribution < 1.29 is 27.5 Å². The number of carbonyl (C=O) groups excluding carboxylic acids is 1. The second-order valence-corrected chi connectivity index (χ2v) is 4.54. The van der Waals surface area contributed by atoms with Gasteiger partial charge >= 0.3 is 6.61 Å². The second kappa shape index (κ2) is 9.09. The molecule has 2 aromatic rings. The van der Waals surface area contributed by atoms with Crippen molar-refractivity contribution in [3.8, 4) is 11.5 Å². The van der Waals surface area contributed by atoms with Gasteiger partial charge in [0.1, 0.15) is 23.5 Å². The molecule has 0 aliphatic heterocycles. The highest BCUT2D eigenvalue weighted by Gasteiger charge is 2.14. The summed E-state index contributed by atoms with van der Waals surface area (Å²) in [5.74, 6) is 0.484. The smallest absolute Gasteiger partial charge is 0.387 e. The summed E-state index contributed by atoms with van der Waals surface area (Å²) in [4.78, 5) is 12.0. The number of halogens is 3. The third kappa shape index (κ3) is 5.10. The van der Waals surface area contributed by atoms with Crippen LogP contribution in [0.5, 0.6) is 11.5 Å². The van der Waals surface area contributed by atoms with Crippen LogP contribution < -0.4 is 20.5 Å². The first kappa shape index (κ1) is 19.7. The van der Waals surface area contributed by atoms with Crippen LogP contribution in [0.2, 0.25) is 0 Å². The monoisotopic (exact) mass is 362 g/mol. The van der Waals surface area contributed by atoms with Gasteiger partial charge in [0, 0.05) is 12.1 Å². The highest BCUT2D eigenvalue weighted by Crippen LogP contribution is 2.25. The van der Waals surface area contributed by atoms with Crippen molar-refractivity contribution in [1.29, 1.82) is 0 Å². The van der Waals surface area contributed by atoms with Gasteiger partial charge in [-0.05, 0) is 24.3 Å². The predicted molar refractivity (Wildman–Crippen MR) is 84.6 cm³/mol. The second-order valence-electron chi connectivity index (χ2n) is 4.54. The number of nitrogens with one attached hydrogen (secondary N) is 1. The van der Waals surface area contributed by atoms with E-state index in [0.29, 0.717) is 22.6 Å². The van der Waals surface area contributed by atoms with E-state index in [9.17, 15) is 13.6 Å². The summed E-state index contributed by atoms with van der Waals surface area (Å²) >= 11 is 0. The molecule has 2 rings (SSSR count). The molecular formula is C15H17ClF2N2O4. The van der Waals surface area contributed by atoms with Gasteiger partial charge in [-0.25, -0.2) is 0 Å². The van der Waals surface area contributed by atoms with Gasteiger partial charge in [0.25, 0.3) is 5.91 Å². The molecule has 0 fully saturated rings. The van der Waals surface area contributed by atoms with Gasteiger partial charge in [0.2, 0.25) is 0 Å². The molecule has 3 N–H and O–H groups in total. The standard InChI is InChI=1S/C15H16F2N2O4.ClH/c1-21-11-2-3-13(23-15(16)17)9(4-11)7-19-14(20)10-5-12(6-18)22-8-10;/h2-5,8,15H,6-7,18H2,1H3,(H,19,20);1H. The summed E-state index contributed by atoms with van der Waals surface area (Å²) in [6.45, 7) is -2.80. The van der Waals surface area contributed by atoms with E-state index in [1.54, 1.807) is 0 Å². The average molecular weight is 363 g/mol. The van der Waals surface area contributed by atoms with E-state index in [4.69, 9.17) is 14.9 Å². The molecular weight excluding hydrogens is 346 g/mol. The lowest BCUT2D eigenvalue weighted by Crippen LogP contribution is -2.23. The molecule has 6 nitrogen and oxygen atoms in total. The van der Waals surface area contributed by atoms with Crippen LogP contribution in [0.25, 0.3) is 0 Å². The first-order chi connectivity index (χ1) is 11.0. The van der Waals surface area contributed by atoms with Crippen molar-refractivity contribution in [1.82, 2.24) is 5.32 Å². The van der Waals surface area contributed by atoms with Crippen molar-refractivity contribution in [3.63, 3.8) is 0 Å². The van der Waals surface area contributed by atoms with E-state index in [1.165, 1.54) is 37.6 Å². The topological polar surface area (TPSA) is 86.7 Å². The molecule has 0 spiro atoms. The van der Waals surface area contributed by atoms with Crippen LogP contribution in [0.3, 0.4) is 0 Å². The van der Waals surface area contributed by atoms with Gasteiger partial charge in [-0.3, -0.25) is 4.79 Å². The number of ether oxygens (including phenoxy) is 2. The Hall–Kier alpha value is -2.32. The van der Waals surface area contributed by atoms with Crippen molar-refractivity contribution in [2.75, 3.05) is 7.11 Å². The van der Waals surface area contributed by atoms with Gasteiger partial charge in [-0.1, -0.05) is 0 Å². The van der Waals surface area contributed by atoms with E-state index < -0.39 is 12.5 Å². The maximum Gasteiger partial charge on any atom is 0.387 e. The zero-order valence-corrected chi connectivity index (χ0v) is 13.6. The summed E-state index contributed by atoms with van der Waals surface area (Å²) in [5.41, 5.74) is 6.06. The fourth-order valence-electron chi connectivity index (χ4n) is 1.92. The van der Waals surface area contributed by atoms with Crippen LogP contribution >= 0.6 is 12.4 Å². The quantitative estimate of drug-likeness (QED) is 0.790. The normalized spacial score (nSPS) is 10.2. The van der Waals surface area contributed by atoms with Crippen molar-refractivity contribution in [3.05, 3.63) is 47.4 Å². The maximum atomic E-state index is 12.4.